The molecule has 6 nitrogen and oxygen atoms in total. The van der Waals surface area contributed by atoms with E-state index >= 15 is 0 Å². The molecule has 18 heavy (non-hydrogen) atoms. The lowest BCUT2D eigenvalue weighted by Crippen LogP contribution is -2.28. The van der Waals surface area contributed by atoms with Crippen molar-refractivity contribution >= 4 is 23.2 Å². The summed E-state index contributed by atoms with van der Waals surface area (Å²) in [6, 6.07) is 3.75. The zero-order chi connectivity index (χ0) is 13.7. The summed E-state index contributed by atoms with van der Waals surface area (Å²) in [7, 11) is 0. The third-order valence-electron chi connectivity index (χ3n) is 2.24. The van der Waals surface area contributed by atoms with E-state index in [4.69, 9.17) is 17.3 Å². The van der Waals surface area contributed by atoms with E-state index < -0.39 is 10.8 Å². The van der Waals surface area contributed by atoms with E-state index in [2.05, 4.69) is 5.32 Å². The van der Waals surface area contributed by atoms with Crippen LogP contribution >= 0.6 is 11.6 Å². The largest absolute Gasteiger partial charge is 0.352 e. The van der Waals surface area contributed by atoms with Crippen LogP contribution in [0.4, 0.5) is 5.69 Å². The van der Waals surface area contributed by atoms with Gasteiger partial charge in [0.05, 0.1) is 4.92 Å². The van der Waals surface area contributed by atoms with Gasteiger partial charge in [-0.15, -0.1) is 0 Å². The molecule has 0 aromatic heterocycles. The Kier molecular flexibility index (Phi) is 5.06. The summed E-state index contributed by atoms with van der Waals surface area (Å²) in [6.07, 6.45) is 0.633. The SMILES string of the molecule is CC(N)CCNC(=O)c1cc(Cl)cc([N+](=O)[O-])c1. The van der Waals surface area contributed by atoms with Crippen molar-refractivity contribution in [1.82, 2.24) is 5.32 Å². The maximum atomic E-state index is 11.7. The van der Waals surface area contributed by atoms with Crippen LogP contribution in [-0.2, 0) is 0 Å². The second-order valence-electron chi connectivity index (χ2n) is 3.98. The Morgan fingerprint density at radius 3 is 2.78 bits per heavy atom. The van der Waals surface area contributed by atoms with Crippen molar-refractivity contribution in [3.63, 3.8) is 0 Å². The molecule has 3 N–H and O–H groups in total. The van der Waals surface area contributed by atoms with E-state index in [1.54, 1.807) is 0 Å². The minimum Gasteiger partial charge on any atom is -0.352 e. The highest BCUT2D eigenvalue weighted by Crippen LogP contribution is 2.20. The van der Waals surface area contributed by atoms with Crippen LogP contribution in [0.2, 0.25) is 5.02 Å². The van der Waals surface area contributed by atoms with E-state index in [0.29, 0.717) is 13.0 Å². The molecule has 0 spiro atoms. The van der Waals surface area contributed by atoms with Gasteiger partial charge in [0.25, 0.3) is 11.6 Å². The van der Waals surface area contributed by atoms with Crippen LogP contribution in [0.5, 0.6) is 0 Å². The number of non-ortho nitro benzene ring substituents is 1. The highest BCUT2D eigenvalue weighted by molar-refractivity contribution is 6.31. The molecule has 1 atom stereocenters. The third-order valence-corrected chi connectivity index (χ3v) is 2.46. The van der Waals surface area contributed by atoms with Gasteiger partial charge in [0.2, 0.25) is 0 Å². The summed E-state index contributed by atoms with van der Waals surface area (Å²) < 4.78 is 0. The Morgan fingerprint density at radius 1 is 1.56 bits per heavy atom. The Balaban J connectivity index is 2.76. The average Bonchev–Trinajstić information content (AvgIpc) is 2.27. The molecule has 0 aliphatic rings. The van der Waals surface area contributed by atoms with Crippen molar-refractivity contribution in [2.24, 2.45) is 5.73 Å². The number of nitro benzene ring substituents is 1. The number of benzene rings is 1. The molecule has 1 rings (SSSR count). The van der Waals surface area contributed by atoms with E-state index in [-0.39, 0.29) is 22.3 Å². The fourth-order valence-corrected chi connectivity index (χ4v) is 1.56. The number of hydrogen-bond acceptors (Lipinski definition) is 4. The summed E-state index contributed by atoms with van der Waals surface area (Å²) in [5, 5.41) is 13.4. The van der Waals surface area contributed by atoms with Crippen LogP contribution < -0.4 is 11.1 Å². The maximum absolute atomic E-state index is 11.7. The van der Waals surface area contributed by atoms with Crippen LogP contribution in [0.25, 0.3) is 0 Å². The maximum Gasteiger partial charge on any atom is 0.271 e. The number of amides is 1. The molecule has 1 aromatic carbocycles. The van der Waals surface area contributed by atoms with Crippen LogP contribution in [-0.4, -0.2) is 23.4 Å². The summed E-state index contributed by atoms with van der Waals surface area (Å²) in [4.78, 5) is 21.8. The number of nitrogens with zero attached hydrogens (tertiary/aromatic N) is 1. The van der Waals surface area contributed by atoms with Gasteiger partial charge in [-0.05, 0) is 19.4 Å². The summed E-state index contributed by atoms with van der Waals surface area (Å²) in [5.41, 5.74) is 5.50. The molecule has 0 radical (unpaired) electrons. The van der Waals surface area contributed by atoms with Crippen molar-refractivity contribution in [3.8, 4) is 0 Å². The summed E-state index contributed by atoms with van der Waals surface area (Å²) in [5.74, 6) is -0.402. The number of nitrogens with one attached hydrogen (secondary N) is 1. The fourth-order valence-electron chi connectivity index (χ4n) is 1.33. The molecule has 0 fully saturated rings. The van der Waals surface area contributed by atoms with Crippen LogP contribution in [0.15, 0.2) is 18.2 Å². The van der Waals surface area contributed by atoms with Gasteiger partial charge in [-0.25, -0.2) is 0 Å². The van der Waals surface area contributed by atoms with Gasteiger partial charge in [-0.1, -0.05) is 11.6 Å². The van der Waals surface area contributed by atoms with Crippen molar-refractivity contribution in [2.75, 3.05) is 6.54 Å². The predicted octanol–water partition coefficient (Wildman–Crippen LogP) is 1.72. The van der Waals surface area contributed by atoms with Gasteiger partial charge in [-0.3, -0.25) is 14.9 Å². The van der Waals surface area contributed by atoms with Gasteiger partial charge in [0.1, 0.15) is 0 Å². The van der Waals surface area contributed by atoms with Gasteiger partial charge in [0.15, 0.2) is 0 Å². The molecule has 98 valence electrons. The molecular weight excluding hydrogens is 258 g/mol. The van der Waals surface area contributed by atoms with Crippen molar-refractivity contribution in [3.05, 3.63) is 38.9 Å². The first-order chi connectivity index (χ1) is 8.40. The first-order valence-electron chi connectivity index (χ1n) is 5.39. The standard InChI is InChI=1S/C11H14ClN3O3/c1-7(13)2-3-14-11(16)8-4-9(12)6-10(5-8)15(17)18/h4-7H,2-3,13H2,1H3,(H,14,16). The molecule has 1 amide bonds. The molecule has 0 bridgehead atoms. The monoisotopic (exact) mass is 271 g/mol. The number of carbonyl (C=O) groups is 1. The Morgan fingerprint density at radius 2 is 2.22 bits per heavy atom. The number of nitrogens with two attached hydrogens (primary N) is 1. The molecule has 0 aliphatic heterocycles. The van der Waals surface area contributed by atoms with Crippen molar-refractivity contribution < 1.29 is 9.72 Å². The normalized spacial score (nSPS) is 11.9. The predicted molar refractivity (Wildman–Crippen MR) is 68.7 cm³/mol. The molecule has 0 saturated heterocycles. The lowest BCUT2D eigenvalue weighted by molar-refractivity contribution is -0.384. The molecule has 1 aromatic rings. The fraction of sp³-hybridized carbons (Fsp3) is 0.364. The molecular formula is C11H14ClN3O3. The first kappa shape index (κ1) is 14.4. The Hall–Kier alpha value is -1.66. The van der Waals surface area contributed by atoms with Gasteiger partial charge < -0.3 is 11.1 Å². The second-order valence-corrected chi connectivity index (χ2v) is 4.41. The molecule has 1 unspecified atom stereocenters. The quantitative estimate of drug-likeness (QED) is 0.629. The zero-order valence-corrected chi connectivity index (χ0v) is 10.6. The van der Waals surface area contributed by atoms with Crippen LogP contribution in [0.3, 0.4) is 0 Å². The highest BCUT2D eigenvalue weighted by atomic mass is 35.5. The number of rotatable bonds is 5. The molecule has 0 aliphatic carbocycles. The van der Waals surface area contributed by atoms with Gasteiger partial charge in [0, 0.05) is 35.3 Å². The van der Waals surface area contributed by atoms with E-state index in [1.165, 1.54) is 18.2 Å². The van der Waals surface area contributed by atoms with Crippen LogP contribution in [0, 0.1) is 10.1 Å². The van der Waals surface area contributed by atoms with Crippen LogP contribution in [0.1, 0.15) is 23.7 Å². The minimum atomic E-state index is -0.593. The number of halogens is 1. The lowest BCUT2D eigenvalue weighted by atomic mass is 10.2. The molecule has 7 heteroatoms. The summed E-state index contributed by atoms with van der Waals surface area (Å²) in [6.45, 7) is 2.24. The highest BCUT2D eigenvalue weighted by Gasteiger charge is 2.13. The summed E-state index contributed by atoms with van der Waals surface area (Å²) >= 11 is 5.72. The lowest BCUT2D eigenvalue weighted by Gasteiger charge is -2.07. The number of hydrogen-bond donors (Lipinski definition) is 2. The smallest absolute Gasteiger partial charge is 0.271 e. The van der Waals surface area contributed by atoms with Gasteiger partial charge >= 0.3 is 0 Å². The van der Waals surface area contributed by atoms with E-state index in [9.17, 15) is 14.9 Å². The topological polar surface area (TPSA) is 98.3 Å². The Labute approximate surface area is 109 Å². The average molecular weight is 272 g/mol. The number of carbonyl (C=O) groups excluding carboxylic acids is 1. The van der Waals surface area contributed by atoms with Crippen molar-refractivity contribution in [2.45, 2.75) is 19.4 Å². The first-order valence-corrected chi connectivity index (χ1v) is 5.76. The molecule has 0 saturated carbocycles. The van der Waals surface area contributed by atoms with E-state index in [1.807, 2.05) is 6.92 Å². The second kappa shape index (κ2) is 6.32. The van der Waals surface area contributed by atoms with Gasteiger partial charge in [-0.2, -0.15) is 0 Å². The minimum absolute atomic E-state index is 0.0148. The zero-order valence-electron chi connectivity index (χ0n) is 9.85. The van der Waals surface area contributed by atoms with E-state index in [0.717, 1.165) is 0 Å². The third kappa shape index (κ3) is 4.31. The molecule has 0 heterocycles. The number of nitro groups is 1. The Bertz CT molecular complexity index is 463. The van der Waals surface area contributed by atoms with Crippen molar-refractivity contribution in [1.29, 1.82) is 0 Å².